The first kappa shape index (κ1) is 18.5. The van der Waals surface area contributed by atoms with Crippen LogP contribution in [0.4, 0.5) is 24.8 Å². The zero-order valence-electron chi connectivity index (χ0n) is 14.1. The molecule has 0 spiro atoms. The van der Waals surface area contributed by atoms with Crippen LogP contribution in [0.15, 0.2) is 60.8 Å². The third kappa shape index (κ3) is 4.03. The maximum absolute atomic E-state index is 12.9. The van der Waals surface area contributed by atoms with Gasteiger partial charge in [-0.05, 0) is 71.1 Å². The summed E-state index contributed by atoms with van der Waals surface area (Å²) in [5.74, 6) is 0.645. The van der Waals surface area contributed by atoms with Crippen LogP contribution in [0.25, 0.3) is 11.0 Å². The van der Waals surface area contributed by atoms with Crippen molar-refractivity contribution in [1.29, 1.82) is 0 Å². The molecule has 0 atom stereocenters. The van der Waals surface area contributed by atoms with Crippen LogP contribution in [-0.4, -0.2) is 15.0 Å². The summed E-state index contributed by atoms with van der Waals surface area (Å²) in [7, 11) is 0. The molecule has 0 saturated carbocycles. The van der Waals surface area contributed by atoms with Crippen molar-refractivity contribution in [2.75, 3.05) is 5.32 Å². The summed E-state index contributed by atoms with van der Waals surface area (Å²) in [5.41, 5.74) is 1.32. The lowest BCUT2D eigenvalue weighted by molar-refractivity contribution is -0.137. The highest BCUT2D eigenvalue weighted by Crippen LogP contribution is 2.34. The molecular formula is C19H12F3IN4O. The van der Waals surface area contributed by atoms with Crippen LogP contribution < -0.4 is 10.1 Å². The molecule has 2 heterocycles. The van der Waals surface area contributed by atoms with E-state index in [1.807, 2.05) is 18.2 Å². The summed E-state index contributed by atoms with van der Waals surface area (Å²) in [4.78, 5) is 11.7. The van der Waals surface area contributed by atoms with Gasteiger partial charge in [0, 0.05) is 9.77 Å². The summed E-state index contributed by atoms with van der Waals surface area (Å²) in [6.45, 7) is 0. The van der Waals surface area contributed by atoms with Crippen molar-refractivity contribution in [3.8, 4) is 11.6 Å². The smallest absolute Gasteiger partial charge is 0.416 e. The minimum atomic E-state index is -4.45. The summed E-state index contributed by atoms with van der Waals surface area (Å²) in [5, 5.41) is 3.07. The van der Waals surface area contributed by atoms with Crippen molar-refractivity contribution in [2.24, 2.45) is 0 Å². The number of pyridine rings is 1. The predicted molar refractivity (Wildman–Crippen MR) is 108 cm³/mol. The summed E-state index contributed by atoms with van der Waals surface area (Å²) in [6.07, 6.45) is -2.95. The number of hydrogen-bond donors (Lipinski definition) is 2. The number of ether oxygens (including phenoxy) is 1. The molecule has 4 aromatic rings. The van der Waals surface area contributed by atoms with Gasteiger partial charge in [-0.25, -0.2) is 9.97 Å². The standard InChI is InChI=1S/C19H12F3IN4O/c20-19(21,22)11-3-1-4-13(9-11)28-17-15(5-2-8-24-17)26-18-25-14-7-6-12(23)10-16(14)27-18/h1-10H,(H2,25,26,27). The normalized spacial score (nSPS) is 11.6. The number of rotatable bonds is 4. The van der Waals surface area contributed by atoms with E-state index in [0.717, 1.165) is 26.7 Å². The van der Waals surface area contributed by atoms with Crippen molar-refractivity contribution in [3.05, 3.63) is 69.9 Å². The first-order valence-corrected chi connectivity index (χ1v) is 9.19. The number of H-pyrrole nitrogens is 1. The Morgan fingerprint density at radius 2 is 1.89 bits per heavy atom. The number of nitrogens with zero attached hydrogens (tertiary/aromatic N) is 2. The fourth-order valence-electron chi connectivity index (χ4n) is 2.58. The predicted octanol–water partition coefficient (Wildman–Crippen LogP) is 6.12. The lowest BCUT2D eigenvalue weighted by atomic mass is 10.2. The van der Waals surface area contributed by atoms with Gasteiger partial charge in [0.25, 0.3) is 0 Å². The number of fused-ring (bicyclic) bond motifs is 1. The zero-order valence-corrected chi connectivity index (χ0v) is 16.2. The van der Waals surface area contributed by atoms with Gasteiger partial charge in [-0.15, -0.1) is 0 Å². The molecule has 2 aromatic carbocycles. The third-order valence-corrected chi connectivity index (χ3v) is 4.52. The molecule has 2 N–H and O–H groups in total. The maximum atomic E-state index is 12.9. The number of alkyl halides is 3. The Labute approximate surface area is 171 Å². The SMILES string of the molecule is FC(F)(F)c1cccc(Oc2ncccc2Nc2nc3ccc(I)cc3[nH]2)c1. The Morgan fingerprint density at radius 3 is 2.71 bits per heavy atom. The number of aromatic amines is 1. The number of halogens is 4. The van der Waals surface area contributed by atoms with E-state index >= 15 is 0 Å². The van der Waals surface area contributed by atoms with E-state index < -0.39 is 11.7 Å². The largest absolute Gasteiger partial charge is 0.437 e. The van der Waals surface area contributed by atoms with E-state index in [0.29, 0.717) is 11.6 Å². The first-order chi connectivity index (χ1) is 13.4. The van der Waals surface area contributed by atoms with Gasteiger partial charge < -0.3 is 15.0 Å². The molecule has 0 aliphatic carbocycles. The lowest BCUT2D eigenvalue weighted by Crippen LogP contribution is -2.04. The monoisotopic (exact) mass is 496 g/mol. The number of nitrogens with one attached hydrogen (secondary N) is 2. The van der Waals surface area contributed by atoms with Crippen LogP contribution in [0.1, 0.15) is 5.56 Å². The third-order valence-electron chi connectivity index (χ3n) is 3.84. The van der Waals surface area contributed by atoms with Gasteiger partial charge in [-0.3, -0.25) is 0 Å². The molecule has 142 valence electrons. The summed E-state index contributed by atoms with van der Waals surface area (Å²) in [6, 6.07) is 13.8. The molecule has 5 nitrogen and oxygen atoms in total. The Balaban J connectivity index is 1.62. The van der Waals surface area contributed by atoms with Gasteiger partial charge in [0.05, 0.1) is 16.6 Å². The van der Waals surface area contributed by atoms with Crippen molar-refractivity contribution in [2.45, 2.75) is 6.18 Å². The topological polar surface area (TPSA) is 62.8 Å². The molecule has 0 amide bonds. The molecule has 0 radical (unpaired) electrons. The molecule has 0 aliphatic heterocycles. The molecule has 0 aliphatic rings. The Kier molecular flexibility index (Phi) is 4.84. The number of imidazole rings is 1. The quantitative estimate of drug-likeness (QED) is 0.335. The molecule has 0 saturated heterocycles. The van der Waals surface area contributed by atoms with Crippen LogP contribution in [0.2, 0.25) is 0 Å². The highest BCUT2D eigenvalue weighted by atomic mass is 127. The number of anilines is 2. The highest BCUT2D eigenvalue weighted by Gasteiger charge is 2.30. The first-order valence-electron chi connectivity index (χ1n) is 8.11. The molecule has 2 aromatic heterocycles. The number of aromatic nitrogens is 3. The fourth-order valence-corrected chi connectivity index (χ4v) is 3.07. The Bertz CT molecular complexity index is 1140. The van der Waals surface area contributed by atoms with Gasteiger partial charge in [-0.1, -0.05) is 6.07 Å². The van der Waals surface area contributed by atoms with Gasteiger partial charge in [-0.2, -0.15) is 13.2 Å². The van der Waals surface area contributed by atoms with Crippen molar-refractivity contribution < 1.29 is 17.9 Å². The Morgan fingerprint density at radius 1 is 1.04 bits per heavy atom. The van der Waals surface area contributed by atoms with Crippen LogP contribution in [-0.2, 0) is 6.18 Å². The molecule has 0 bridgehead atoms. The second-order valence-electron chi connectivity index (χ2n) is 5.86. The highest BCUT2D eigenvalue weighted by molar-refractivity contribution is 14.1. The van der Waals surface area contributed by atoms with Crippen LogP contribution in [0.3, 0.4) is 0 Å². The average Bonchev–Trinajstić information content (AvgIpc) is 3.04. The van der Waals surface area contributed by atoms with Gasteiger partial charge >= 0.3 is 6.18 Å². The van der Waals surface area contributed by atoms with E-state index in [1.165, 1.54) is 18.3 Å². The maximum Gasteiger partial charge on any atom is 0.416 e. The molecule has 0 fully saturated rings. The molecule has 28 heavy (non-hydrogen) atoms. The summed E-state index contributed by atoms with van der Waals surface area (Å²) < 4.78 is 45.4. The second-order valence-corrected chi connectivity index (χ2v) is 7.10. The second kappa shape index (κ2) is 7.30. The van der Waals surface area contributed by atoms with Crippen molar-refractivity contribution in [1.82, 2.24) is 15.0 Å². The number of benzene rings is 2. The van der Waals surface area contributed by atoms with Crippen LogP contribution >= 0.6 is 22.6 Å². The Hall–Kier alpha value is -2.82. The average molecular weight is 496 g/mol. The minimum absolute atomic E-state index is 0.0377. The molecule has 9 heteroatoms. The minimum Gasteiger partial charge on any atom is -0.437 e. The van der Waals surface area contributed by atoms with E-state index in [1.54, 1.807) is 12.1 Å². The molecule has 0 unspecified atom stereocenters. The lowest BCUT2D eigenvalue weighted by Gasteiger charge is -2.12. The van der Waals surface area contributed by atoms with Gasteiger partial charge in [0.15, 0.2) is 0 Å². The van der Waals surface area contributed by atoms with Crippen LogP contribution in [0, 0.1) is 3.57 Å². The van der Waals surface area contributed by atoms with Gasteiger partial charge in [0.1, 0.15) is 11.4 Å². The number of hydrogen-bond acceptors (Lipinski definition) is 4. The van der Waals surface area contributed by atoms with Crippen molar-refractivity contribution >= 4 is 45.3 Å². The van der Waals surface area contributed by atoms with Gasteiger partial charge in [0.2, 0.25) is 11.8 Å². The fraction of sp³-hybridized carbons (Fsp3) is 0.0526. The zero-order chi connectivity index (χ0) is 19.7. The molecule has 4 rings (SSSR count). The van der Waals surface area contributed by atoms with Crippen LogP contribution in [0.5, 0.6) is 11.6 Å². The molecular weight excluding hydrogens is 484 g/mol. The van der Waals surface area contributed by atoms with Crippen molar-refractivity contribution in [3.63, 3.8) is 0 Å². The van der Waals surface area contributed by atoms with E-state index in [2.05, 4.69) is 42.9 Å². The van der Waals surface area contributed by atoms with E-state index in [9.17, 15) is 13.2 Å². The van der Waals surface area contributed by atoms with E-state index in [4.69, 9.17) is 4.74 Å². The van der Waals surface area contributed by atoms with E-state index in [-0.39, 0.29) is 11.6 Å². The summed E-state index contributed by atoms with van der Waals surface area (Å²) >= 11 is 2.21.